The molecule has 2 nitrogen and oxygen atoms in total. The molecule has 0 spiro atoms. The lowest BCUT2D eigenvalue weighted by atomic mass is 9.99. The second-order valence-electron chi connectivity index (χ2n) is 4.42. The monoisotopic (exact) mass is 217 g/mol. The minimum atomic E-state index is -0.397. The van der Waals surface area contributed by atoms with Crippen LogP contribution in [0.4, 0.5) is 0 Å². The molecule has 1 atom stereocenters. The van der Waals surface area contributed by atoms with Crippen molar-refractivity contribution in [1.29, 1.82) is 0 Å². The Bertz CT molecular complexity index is 371. The molecular weight excluding hydrogens is 198 g/mol. The molecule has 86 valence electrons. The molecule has 0 bridgehead atoms. The van der Waals surface area contributed by atoms with Crippen molar-refractivity contribution < 1.29 is 5.11 Å². The van der Waals surface area contributed by atoms with Crippen LogP contribution < -0.4 is 5.32 Å². The summed E-state index contributed by atoms with van der Waals surface area (Å²) in [4.78, 5) is 0. The van der Waals surface area contributed by atoms with Crippen molar-refractivity contribution in [3.05, 3.63) is 35.9 Å². The lowest BCUT2D eigenvalue weighted by Crippen LogP contribution is -2.48. The van der Waals surface area contributed by atoms with Crippen LogP contribution in [0, 0.1) is 11.8 Å². The molecule has 0 heterocycles. The third-order valence-electron chi connectivity index (χ3n) is 2.68. The SMILES string of the molecule is CC(O)C(C)(C)NCC#Cc1ccccc1. The third kappa shape index (κ3) is 4.06. The van der Waals surface area contributed by atoms with Gasteiger partial charge in [-0.25, -0.2) is 0 Å². The highest BCUT2D eigenvalue weighted by Gasteiger charge is 2.22. The van der Waals surface area contributed by atoms with Crippen LogP contribution in [0.25, 0.3) is 0 Å². The molecule has 0 aliphatic heterocycles. The van der Waals surface area contributed by atoms with E-state index in [0.717, 1.165) is 5.56 Å². The van der Waals surface area contributed by atoms with E-state index in [1.165, 1.54) is 0 Å². The fourth-order valence-electron chi connectivity index (χ4n) is 1.09. The molecule has 1 unspecified atom stereocenters. The van der Waals surface area contributed by atoms with Crippen LogP contribution in [0.2, 0.25) is 0 Å². The van der Waals surface area contributed by atoms with Gasteiger partial charge in [-0.2, -0.15) is 0 Å². The Kier molecular flexibility index (Phi) is 4.54. The van der Waals surface area contributed by atoms with Gasteiger partial charge >= 0.3 is 0 Å². The summed E-state index contributed by atoms with van der Waals surface area (Å²) >= 11 is 0. The van der Waals surface area contributed by atoms with E-state index in [2.05, 4.69) is 17.2 Å². The van der Waals surface area contributed by atoms with Crippen molar-refractivity contribution in [3.8, 4) is 11.8 Å². The largest absolute Gasteiger partial charge is 0.392 e. The zero-order chi connectivity index (χ0) is 12.0. The molecule has 0 radical (unpaired) electrons. The summed E-state index contributed by atoms with van der Waals surface area (Å²) in [5, 5.41) is 12.7. The predicted octanol–water partition coefficient (Wildman–Crippen LogP) is 1.79. The molecule has 0 saturated heterocycles. The molecule has 1 rings (SSSR count). The standard InChI is InChI=1S/C14H19NO/c1-12(16)14(2,3)15-11-7-10-13-8-5-4-6-9-13/h4-6,8-9,12,15-16H,11H2,1-3H3. The molecule has 0 fully saturated rings. The van der Waals surface area contributed by atoms with E-state index in [1.807, 2.05) is 44.2 Å². The van der Waals surface area contributed by atoms with E-state index in [0.29, 0.717) is 6.54 Å². The van der Waals surface area contributed by atoms with Crippen LogP contribution >= 0.6 is 0 Å². The number of hydrogen-bond donors (Lipinski definition) is 2. The molecule has 2 heteroatoms. The summed E-state index contributed by atoms with van der Waals surface area (Å²) in [6.07, 6.45) is -0.397. The first-order valence-electron chi connectivity index (χ1n) is 5.49. The third-order valence-corrected chi connectivity index (χ3v) is 2.68. The van der Waals surface area contributed by atoms with Gasteiger partial charge in [-0.3, -0.25) is 5.32 Å². The van der Waals surface area contributed by atoms with Crippen LogP contribution in [0.3, 0.4) is 0 Å². The Morgan fingerprint density at radius 2 is 1.94 bits per heavy atom. The van der Waals surface area contributed by atoms with Crippen LogP contribution in [-0.4, -0.2) is 23.3 Å². The molecule has 0 aromatic heterocycles. The minimum Gasteiger partial charge on any atom is -0.392 e. The molecule has 1 aromatic rings. The second-order valence-corrected chi connectivity index (χ2v) is 4.42. The lowest BCUT2D eigenvalue weighted by Gasteiger charge is -2.28. The molecular formula is C14H19NO. The Morgan fingerprint density at radius 3 is 2.50 bits per heavy atom. The molecule has 0 aliphatic carbocycles. The average Bonchev–Trinajstić information content (AvgIpc) is 2.26. The lowest BCUT2D eigenvalue weighted by molar-refractivity contribution is 0.0998. The van der Waals surface area contributed by atoms with Gasteiger partial charge in [0.1, 0.15) is 0 Å². The summed E-state index contributed by atoms with van der Waals surface area (Å²) in [5.41, 5.74) is 0.713. The maximum Gasteiger partial charge on any atom is 0.0688 e. The summed E-state index contributed by atoms with van der Waals surface area (Å²) in [6, 6.07) is 9.87. The van der Waals surface area contributed by atoms with Gasteiger partial charge in [0.2, 0.25) is 0 Å². The fraction of sp³-hybridized carbons (Fsp3) is 0.429. The molecule has 2 N–H and O–H groups in total. The Balaban J connectivity index is 2.45. The topological polar surface area (TPSA) is 32.3 Å². The highest BCUT2D eigenvalue weighted by molar-refractivity contribution is 5.33. The normalized spacial score (nSPS) is 12.8. The van der Waals surface area contributed by atoms with Gasteiger partial charge in [-0.1, -0.05) is 30.0 Å². The predicted molar refractivity (Wildman–Crippen MR) is 67.1 cm³/mol. The van der Waals surface area contributed by atoms with E-state index < -0.39 is 6.10 Å². The molecule has 1 aromatic carbocycles. The van der Waals surface area contributed by atoms with Crippen molar-refractivity contribution in [2.45, 2.75) is 32.4 Å². The van der Waals surface area contributed by atoms with Gasteiger partial charge in [-0.15, -0.1) is 0 Å². The second kappa shape index (κ2) is 5.69. The average molecular weight is 217 g/mol. The smallest absolute Gasteiger partial charge is 0.0688 e. The van der Waals surface area contributed by atoms with Crippen molar-refractivity contribution in [1.82, 2.24) is 5.32 Å². The first-order valence-corrected chi connectivity index (χ1v) is 5.49. The van der Waals surface area contributed by atoms with E-state index >= 15 is 0 Å². The van der Waals surface area contributed by atoms with Gasteiger partial charge in [0.25, 0.3) is 0 Å². The molecule has 0 amide bonds. The van der Waals surface area contributed by atoms with Crippen LogP contribution in [0.1, 0.15) is 26.3 Å². The highest BCUT2D eigenvalue weighted by Crippen LogP contribution is 2.06. The maximum absolute atomic E-state index is 9.49. The molecule has 0 saturated carbocycles. The summed E-state index contributed by atoms with van der Waals surface area (Å²) in [6.45, 7) is 6.27. The van der Waals surface area contributed by atoms with Crippen molar-refractivity contribution in [2.24, 2.45) is 0 Å². The van der Waals surface area contributed by atoms with Crippen LogP contribution in [0.15, 0.2) is 30.3 Å². The van der Waals surface area contributed by atoms with Gasteiger partial charge in [-0.05, 0) is 32.9 Å². The summed E-state index contributed by atoms with van der Waals surface area (Å²) in [7, 11) is 0. The van der Waals surface area contributed by atoms with E-state index in [1.54, 1.807) is 6.92 Å². The highest BCUT2D eigenvalue weighted by atomic mass is 16.3. The zero-order valence-corrected chi connectivity index (χ0v) is 10.1. The number of hydrogen-bond acceptors (Lipinski definition) is 2. The van der Waals surface area contributed by atoms with Crippen LogP contribution in [-0.2, 0) is 0 Å². The van der Waals surface area contributed by atoms with Crippen molar-refractivity contribution in [3.63, 3.8) is 0 Å². The summed E-state index contributed by atoms with van der Waals surface area (Å²) < 4.78 is 0. The van der Waals surface area contributed by atoms with Gasteiger partial charge in [0, 0.05) is 11.1 Å². The van der Waals surface area contributed by atoms with E-state index in [-0.39, 0.29) is 5.54 Å². The van der Waals surface area contributed by atoms with E-state index in [4.69, 9.17) is 0 Å². The molecule has 16 heavy (non-hydrogen) atoms. The Hall–Kier alpha value is -1.30. The maximum atomic E-state index is 9.49. The number of nitrogens with one attached hydrogen (secondary N) is 1. The first-order chi connectivity index (χ1) is 7.52. The van der Waals surface area contributed by atoms with Gasteiger partial charge < -0.3 is 5.11 Å². The van der Waals surface area contributed by atoms with Gasteiger partial charge in [0.05, 0.1) is 12.6 Å². The Morgan fingerprint density at radius 1 is 1.31 bits per heavy atom. The number of aliphatic hydroxyl groups is 1. The van der Waals surface area contributed by atoms with Crippen molar-refractivity contribution in [2.75, 3.05) is 6.54 Å². The quantitative estimate of drug-likeness (QED) is 0.757. The minimum absolute atomic E-state index is 0.300. The Labute approximate surface area is 97.7 Å². The van der Waals surface area contributed by atoms with Crippen LogP contribution in [0.5, 0.6) is 0 Å². The number of aliphatic hydroxyl groups excluding tert-OH is 1. The zero-order valence-electron chi connectivity index (χ0n) is 10.1. The van der Waals surface area contributed by atoms with Gasteiger partial charge in [0.15, 0.2) is 0 Å². The van der Waals surface area contributed by atoms with E-state index in [9.17, 15) is 5.11 Å². The first kappa shape index (κ1) is 12.8. The summed E-state index contributed by atoms with van der Waals surface area (Å²) in [5.74, 6) is 6.10. The number of benzene rings is 1. The fourth-order valence-corrected chi connectivity index (χ4v) is 1.09. The number of rotatable bonds is 3. The van der Waals surface area contributed by atoms with Crippen molar-refractivity contribution >= 4 is 0 Å². The molecule has 0 aliphatic rings.